The Morgan fingerprint density at radius 3 is 2.67 bits per heavy atom. The molecule has 1 aliphatic carbocycles. The highest BCUT2D eigenvalue weighted by molar-refractivity contribution is 4.81. The van der Waals surface area contributed by atoms with Gasteiger partial charge >= 0.3 is 0 Å². The third-order valence-corrected chi connectivity index (χ3v) is 4.35. The van der Waals surface area contributed by atoms with Gasteiger partial charge in [-0.2, -0.15) is 0 Å². The molecule has 2 rings (SSSR count). The minimum atomic E-state index is 0.768. The lowest BCUT2D eigenvalue weighted by molar-refractivity contribution is 0.240. The lowest BCUT2D eigenvalue weighted by Crippen LogP contribution is -2.37. The Morgan fingerprint density at radius 2 is 2.00 bits per heavy atom. The second kappa shape index (κ2) is 5.31. The van der Waals surface area contributed by atoms with Gasteiger partial charge in [0.1, 0.15) is 0 Å². The van der Waals surface area contributed by atoms with Crippen LogP contribution in [-0.2, 0) is 0 Å². The summed E-state index contributed by atoms with van der Waals surface area (Å²) in [5.41, 5.74) is 0. The molecule has 0 aromatic heterocycles. The first kappa shape index (κ1) is 11.4. The molecule has 2 aliphatic rings. The molecule has 0 aromatic carbocycles. The lowest BCUT2D eigenvalue weighted by Gasteiger charge is -2.30. The third kappa shape index (κ3) is 3.18. The highest BCUT2D eigenvalue weighted by atomic mass is 15.2. The topological polar surface area (TPSA) is 15.3 Å². The molecule has 1 saturated carbocycles. The average Bonchev–Trinajstić information content (AvgIpc) is 2.63. The minimum Gasteiger partial charge on any atom is -0.312 e. The van der Waals surface area contributed by atoms with Crippen LogP contribution in [-0.4, -0.2) is 37.6 Å². The zero-order valence-corrected chi connectivity index (χ0v) is 10.3. The Bertz CT molecular complexity index is 193. The van der Waals surface area contributed by atoms with Crippen molar-refractivity contribution < 1.29 is 0 Å². The number of likely N-dealkylation sites (N-methyl/N-ethyl adjacent to an activating group) is 1. The first-order valence-corrected chi connectivity index (χ1v) is 6.67. The van der Waals surface area contributed by atoms with Gasteiger partial charge in [-0.15, -0.1) is 0 Å². The van der Waals surface area contributed by atoms with E-state index in [1.54, 1.807) is 0 Å². The van der Waals surface area contributed by atoms with Gasteiger partial charge in [-0.3, -0.25) is 0 Å². The van der Waals surface area contributed by atoms with E-state index in [2.05, 4.69) is 24.2 Å². The van der Waals surface area contributed by atoms with Crippen molar-refractivity contribution in [1.29, 1.82) is 0 Å². The van der Waals surface area contributed by atoms with E-state index in [4.69, 9.17) is 0 Å². The predicted molar refractivity (Wildman–Crippen MR) is 65.0 cm³/mol. The molecule has 2 nitrogen and oxygen atoms in total. The smallest absolute Gasteiger partial charge is 0.0207 e. The maximum Gasteiger partial charge on any atom is 0.0207 e. The SMILES string of the molecule is CC1CCCCC1CNC1CCN(C)C1. The summed E-state index contributed by atoms with van der Waals surface area (Å²) in [6.45, 7) is 6.23. The first-order valence-electron chi connectivity index (χ1n) is 6.67. The summed E-state index contributed by atoms with van der Waals surface area (Å²) in [7, 11) is 2.23. The van der Waals surface area contributed by atoms with Gasteiger partial charge in [-0.05, 0) is 44.8 Å². The van der Waals surface area contributed by atoms with Crippen molar-refractivity contribution in [1.82, 2.24) is 10.2 Å². The van der Waals surface area contributed by atoms with Crippen LogP contribution in [0.5, 0.6) is 0 Å². The van der Waals surface area contributed by atoms with Crippen LogP contribution in [0.2, 0.25) is 0 Å². The molecule has 1 N–H and O–H groups in total. The molecule has 88 valence electrons. The van der Waals surface area contributed by atoms with Gasteiger partial charge in [0.15, 0.2) is 0 Å². The standard InChI is InChI=1S/C13H26N2/c1-11-5-3-4-6-12(11)9-14-13-7-8-15(2)10-13/h11-14H,3-10H2,1-2H3. The molecular formula is C13H26N2. The van der Waals surface area contributed by atoms with E-state index in [1.165, 1.54) is 51.7 Å². The van der Waals surface area contributed by atoms with E-state index in [9.17, 15) is 0 Å². The molecule has 0 amide bonds. The normalized spacial score (nSPS) is 38.4. The Labute approximate surface area is 94.4 Å². The molecule has 15 heavy (non-hydrogen) atoms. The van der Waals surface area contributed by atoms with Crippen LogP contribution in [0.1, 0.15) is 39.0 Å². The van der Waals surface area contributed by atoms with Gasteiger partial charge < -0.3 is 10.2 Å². The summed E-state index contributed by atoms with van der Waals surface area (Å²) < 4.78 is 0. The van der Waals surface area contributed by atoms with Gasteiger partial charge in [0.2, 0.25) is 0 Å². The van der Waals surface area contributed by atoms with E-state index < -0.39 is 0 Å². The highest BCUT2D eigenvalue weighted by Gasteiger charge is 2.24. The maximum absolute atomic E-state index is 3.77. The minimum absolute atomic E-state index is 0.768. The van der Waals surface area contributed by atoms with E-state index in [0.717, 1.165) is 17.9 Å². The van der Waals surface area contributed by atoms with Gasteiger partial charge in [-0.1, -0.05) is 26.2 Å². The number of nitrogens with zero attached hydrogens (tertiary/aromatic N) is 1. The fourth-order valence-electron chi connectivity index (χ4n) is 3.12. The Kier molecular flexibility index (Phi) is 4.04. The van der Waals surface area contributed by atoms with E-state index in [-0.39, 0.29) is 0 Å². The van der Waals surface area contributed by atoms with E-state index in [1.807, 2.05) is 0 Å². The largest absolute Gasteiger partial charge is 0.312 e. The molecular weight excluding hydrogens is 184 g/mol. The van der Waals surface area contributed by atoms with Crippen molar-refractivity contribution in [3.8, 4) is 0 Å². The Hall–Kier alpha value is -0.0800. The van der Waals surface area contributed by atoms with Gasteiger partial charge in [-0.25, -0.2) is 0 Å². The monoisotopic (exact) mass is 210 g/mol. The van der Waals surface area contributed by atoms with E-state index in [0.29, 0.717) is 0 Å². The molecule has 0 spiro atoms. The number of hydrogen-bond donors (Lipinski definition) is 1. The van der Waals surface area contributed by atoms with Gasteiger partial charge in [0.25, 0.3) is 0 Å². The van der Waals surface area contributed by atoms with Crippen molar-refractivity contribution in [2.24, 2.45) is 11.8 Å². The second-order valence-electron chi connectivity index (χ2n) is 5.68. The van der Waals surface area contributed by atoms with Crippen LogP contribution in [0.4, 0.5) is 0 Å². The zero-order chi connectivity index (χ0) is 10.7. The van der Waals surface area contributed by atoms with E-state index >= 15 is 0 Å². The van der Waals surface area contributed by atoms with Crippen LogP contribution in [0.15, 0.2) is 0 Å². The summed E-state index contributed by atoms with van der Waals surface area (Å²) in [5.74, 6) is 1.90. The molecule has 0 radical (unpaired) electrons. The molecule has 1 heterocycles. The van der Waals surface area contributed by atoms with Crippen molar-refractivity contribution in [2.75, 3.05) is 26.7 Å². The summed E-state index contributed by atoms with van der Waals surface area (Å²) >= 11 is 0. The van der Waals surface area contributed by atoms with Crippen LogP contribution >= 0.6 is 0 Å². The molecule has 1 aliphatic heterocycles. The molecule has 2 fully saturated rings. The highest BCUT2D eigenvalue weighted by Crippen LogP contribution is 2.29. The summed E-state index contributed by atoms with van der Waals surface area (Å²) in [4.78, 5) is 2.43. The lowest BCUT2D eigenvalue weighted by atomic mass is 9.80. The quantitative estimate of drug-likeness (QED) is 0.767. The molecule has 2 heteroatoms. The van der Waals surface area contributed by atoms with Crippen molar-refractivity contribution >= 4 is 0 Å². The Morgan fingerprint density at radius 1 is 1.20 bits per heavy atom. The number of hydrogen-bond acceptors (Lipinski definition) is 2. The van der Waals surface area contributed by atoms with Crippen LogP contribution < -0.4 is 5.32 Å². The third-order valence-electron chi connectivity index (χ3n) is 4.35. The summed E-state index contributed by atoms with van der Waals surface area (Å²) in [5, 5.41) is 3.77. The fraction of sp³-hybridized carbons (Fsp3) is 1.00. The molecule has 3 atom stereocenters. The molecule has 3 unspecified atom stereocenters. The molecule has 0 aromatic rings. The van der Waals surface area contributed by atoms with Crippen LogP contribution in [0, 0.1) is 11.8 Å². The van der Waals surface area contributed by atoms with Crippen molar-refractivity contribution in [2.45, 2.75) is 45.1 Å². The number of nitrogens with one attached hydrogen (secondary N) is 1. The second-order valence-corrected chi connectivity index (χ2v) is 5.68. The first-order chi connectivity index (χ1) is 7.25. The zero-order valence-electron chi connectivity index (χ0n) is 10.3. The van der Waals surface area contributed by atoms with Crippen molar-refractivity contribution in [3.05, 3.63) is 0 Å². The predicted octanol–water partition coefficient (Wildman–Crippen LogP) is 2.11. The van der Waals surface area contributed by atoms with Crippen molar-refractivity contribution in [3.63, 3.8) is 0 Å². The summed E-state index contributed by atoms with van der Waals surface area (Å²) in [6, 6.07) is 0.768. The Balaban J connectivity index is 1.68. The summed E-state index contributed by atoms with van der Waals surface area (Å²) in [6.07, 6.45) is 7.18. The maximum atomic E-state index is 3.77. The average molecular weight is 210 g/mol. The van der Waals surface area contributed by atoms with Crippen LogP contribution in [0.3, 0.4) is 0 Å². The molecule has 1 saturated heterocycles. The molecule has 0 bridgehead atoms. The number of likely N-dealkylation sites (tertiary alicyclic amines) is 1. The number of rotatable bonds is 3. The van der Waals surface area contributed by atoms with Gasteiger partial charge in [0, 0.05) is 12.6 Å². The van der Waals surface area contributed by atoms with Crippen LogP contribution in [0.25, 0.3) is 0 Å². The fourth-order valence-corrected chi connectivity index (χ4v) is 3.12. The van der Waals surface area contributed by atoms with Gasteiger partial charge in [0.05, 0.1) is 0 Å².